The summed E-state index contributed by atoms with van der Waals surface area (Å²) in [5.74, 6) is 0. The second-order valence-electron chi connectivity index (χ2n) is 7.85. The van der Waals surface area contributed by atoms with Gasteiger partial charge in [-0.1, -0.05) is 53.6 Å². The molecule has 8 nitrogen and oxygen atoms in total. The quantitative estimate of drug-likeness (QED) is 0.486. The Bertz CT molecular complexity index is 1290. The van der Waals surface area contributed by atoms with Crippen molar-refractivity contribution in [2.24, 2.45) is 0 Å². The number of anilines is 1. The first-order valence-electron chi connectivity index (χ1n) is 10.7. The van der Waals surface area contributed by atoms with E-state index in [-0.39, 0.29) is 9.79 Å². The molecule has 3 aromatic carbocycles. The SMILES string of the molecule is Cc1ccc(S(=O)(=O)O)cc1.Cc1ccc(S(=O)(=O)O)cc1.N#CCCN1CCc2ccccc21. The first-order chi connectivity index (χ1) is 16.4. The van der Waals surface area contributed by atoms with Crippen LogP contribution in [0.15, 0.2) is 82.6 Å². The summed E-state index contributed by atoms with van der Waals surface area (Å²) in [6.45, 7) is 5.62. The van der Waals surface area contributed by atoms with E-state index in [4.69, 9.17) is 14.4 Å². The van der Waals surface area contributed by atoms with E-state index in [0.717, 1.165) is 30.6 Å². The minimum Gasteiger partial charge on any atom is -0.370 e. The third kappa shape index (κ3) is 9.15. The number of hydrogen-bond donors (Lipinski definition) is 2. The van der Waals surface area contributed by atoms with Crippen molar-refractivity contribution >= 4 is 25.9 Å². The van der Waals surface area contributed by atoms with Gasteiger partial charge in [0.1, 0.15) is 0 Å². The van der Waals surface area contributed by atoms with Crippen molar-refractivity contribution in [3.63, 3.8) is 0 Å². The number of hydrogen-bond acceptors (Lipinski definition) is 6. The van der Waals surface area contributed by atoms with Gasteiger partial charge in [-0.25, -0.2) is 0 Å². The molecule has 0 aromatic heterocycles. The zero-order chi connectivity index (χ0) is 26.1. The molecular formula is C25H28N2O6S2. The van der Waals surface area contributed by atoms with Gasteiger partial charge in [0.15, 0.2) is 0 Å². The van der Waals surface area contributed by atoms with Gasteiger partial charge in [0.25, 0.3) is 20.2 Å². The highest BCUT2D eigenvalue weighted by molar-refractivity contribution is 7.86. The molecular weight excluding hydrogens is 488 g/mol. The summed E-state index contributed by atoms with van der Waals surface area (Å²) >= 11 is 0. The first kappa shape index (κ1) is 28.0. The number of nitrogens with zero attached hydrogens (tertiary/aromatic N) is 2. The molecule has 0 unspecified atom stereocenters. The molecule has 0 radical (unpaired) electrons. The smallest absolute Gasteiger partial charge is 0.294 e. The lowest BCUT2D eigenvalue weighted by atomic mass is 10.2. The number of nitriles is 1. The molecule has 35 heavy (non-hydrogen) atoms. The summed E-state index contributed by atoms with van der Waals surface area (Å²) in [6.07, 6.45) is 1.75. The molecule has 186 valence electrons. The minimum atomic E-state index is -4.02. The van der Waals surface area contributed by atoms with Crippen LogP contribution < -0.4 is 4.90 Å². The number of fused-ring (bicyclic) bond motifs is 1. The van der Waals surface area contributed by atoms with Crippen LogP contribution in [0, 0.1) is 25.2 Å². The molecule has 10 heteroatoms. The first-order valence-corrected chi connectivity index (χ1v) is 13.6. The fraction of sp³-hybridized carbons (Fsp3) is 0.240. The van der Waals surface area contributed by atoms with Crippen molar-refractivity contribution in [1.82, 2.24) is 0 Å². The summed E-state index contributed by atoms with van der Waals surface area (Å²) in [7, 11) is -8.04. The van der Waals surface area contributed by atoms with Crippen molar-refractivity contribution in [3.05, 3.63) is 89.5 Å². The van der Waals surface area contributed by atoms with E-state index in [1.54, 1.807) is 24.3 Å². The maximum absolute atomic E-state index is 10.5. The Labute approximate surface area is 207 Å². The Morgan fingerprint density at radius 3 is 1.69 bits per heavy atom. The van der Waals surface area contributed by atoms with E-state index >= 15 is 0 Å². The van der Waals surface area contributed by atoms with E-state index < -0.39 is 20.2 Å². The van der Waals surface area contributed by atoms with Crippen molar-refractivity contribution in [3.8, 4) is 6.07 Å². The molecule has 0 spiro atoms. The van der Waals surface area contributed by atoms with Gasteiger partial charge in [-0.2, -0.15) is 22.1 Å². The van der Waals surface area contributed by atoms with Gasteiger partial charge in [0, 0.05) is 18.8 Å². The summed E-state index contributed by atoms with van der Waals surface area (Å²) in [6, 6.07) is 22.6. The minimum absolute atomic E-state index is 0.0666. The monoisotopic (exact) mass is 516 g/mol. The zero-order valence-corrected chi connectivity index (χ0v) is 21.1. The van der Waals surface area contributed by atoms with Crippen molar-refractivity contribution in [2.45, 2.75) is 36.5 Å². The van der Waals surface area contributed by atoms with Crippen LogP contribution in [0.4, 0.5) is 5.69 Å². The predicted molar refractivity (Wildman–Crippen MR) is 135 cm³/mol. The number of rotatable bonds is 4. The van der Waals surface area contributed by atoms with E-state index in [1.807, 2.05) is 13.8 Å². The largest absolute Gasteiger partial charge is 0.370 e. The second-order valence-corrected chi connectivity index (χ2v) is 10.7. The van der Waals surface area contributed by atoms with Crippen LogP contribution in [0.2, 0.25) is 0 Å². The Morgan fingerprint density at radius 1 is 0.800 bits per heavy atom. The van der Waals surface area contributed by atoms with Gasteiger partial charge in [-0.3, -0.25) is 9.11 Å². The lowest BCUT2D eigenvalue weighted by molar-refractivity contribution is 0.481. The highest BCUT2D eigenvalue weighted by atomic mass is 32.2. The highest BCUT2D eigenvalue weighted by Gasteiger charge is 2.17. The standard InChI is InChI=1S/C11H12N2.2C7H8O3S/c12-7-3-8-13-9-6-10-4-1-2-5-11(10)13;2*1-6-2-4-7(5-3-6)11(8,9)10/h1-2,4-5H,3,6,8-9H2;2*2-5H,1H3,(H,8,9,10). The van der Waals surface area contributed by atoms with Crippen LogP contribution in [0.1, 0.15) is 23.1 Å². The Morgan fingerprint density at radius 2 is 1.26 bits per heavy atom. The Hall–Kier alpha value is -3.23. The molecule has 0 saturated heterocycles. The van der Waals surface area contributed by atoms with Gasteiger partial charge in [0.2, 0.25) is 0 Å². The van der Waals surface area contributed by atoms with E-state index in [1.165, 1.54) is 35.5 Å². The van der Waals surface area contributed by atoms with Crippen LogP contribution in [0.5, 0.6) is 0 Å². The van der Waals surface area contributed by atoms with Crippen LogP contribution in [0.25, 0.3) is 0 Å². The molecule has 0 saturated carbocycles. The molecule has 1 heterocycles. The number of para-hydroxylation sites is 1. The van der Waals surface area contributed by atoms with Crippen LogP contribution in [-0.4, -0.2) is 39.0 Å². The second kappa shape index (κ2) is 12.5. The molecule has 0 aliphatic carbocycles. The maximum Gasteiger partial charge on any atom is 0.294 e. The maximum atomic E-state index is 10.5. The van der Waals surface area contributed by atoms with E-state index in [9.17, 15) is 16.8 Å². The van der Waals surface area contributed by atoms with Gasteiger partial charge < -0.3 is 4.90 Å². The lowest BCUT2D eigenvalue weighted by Crippen LogP contribution is -2.21. The van der Waals surface area contributed by atoms with E-state index in [2.05, 4.69) is 35.2 Å². The fourth-order valence-electron chi connectivity index (χ4n) is 3.24. The molecule has 0 atom stereocenters. The molecule has 0 bridgehead atoms. The summed E-state index contributed by atoms with van der Waals surface area (Å²) in [5.41, 5.74) is 4.65. The third-order valence-corrected chi connectivity index (χ3v) is 6.85. The number of aryl methyl sites for hydroxylation is 2. The van der Waals surface area contributed by atoms with Crippen molar-refractivity contribution in [2.75, 3.05) is 18.0 Å². The summed E-state index contributed by atoms with van der Waals surface area (Å²) in [5, 5.41) is 8.50. The molecule has 0 amide bonds. The van der Waals surface area contributed by atoms with Crippen molar-refractivity contribution in [1.29, 1.82) is 5.26 Å². The highest BCUT2D eigenvalue weighted by Crippen LogP contribution is 2.27. The lowest BCUT2D eigenvalue weighted by Gasteiger charge is -2.16. The zero-order valence-electron chi connectivity index (χ0n) is 19.5. The molecule has 0 fully saturated rings. The molecule has 3 aromatic rings. The fourth-order valence-corrected chi connectivity index (χ4v) is 4.20. The molecule has 4 rings (SSSR count). The number of benzene rings is 3. The normalized spacial score (nSPS) is 12.4. The van der Waals surface area contributed by atoms with E-state index in [0.29, 0.717) is 6.42 Å². The third-order valence-electron chi connectivity index (χ3n) is 5.11. The van der Waals surface area contributed by atoms with Gasteiger partial charge in [0.05, 0.1) is 22.3 Å². The average molecular weight is 517 g/mol. The van der Waals surface area contributed by atoms with Crippen LogP contribution >= 0.6 is 0 Å². The Kier molecular flexibility index (Phi) is 9.98. The summed E-state index contributed by atoms with van der Waals surface area (Å²) < 4.78 is 59.1. The van der Waals surface area contributed by atoms with Crippen LogP contribution in [-0.2, 0) is 26.7 Å². The van der Waals surface area contributed by atoms with Crippen LogP contribution in [0.3, 0.4) is 0 Å². The molecule has 2 N–H and O–H groups in total. The Balaban J connectivity index is 0.000000186. The average Bonchev–Trinajstić information content (AvgIpc) is 3.21. The van der Waals surface area contributed by atoms with Gasteiger partial charge in [-0.05, 0) is 56.2 Å². The summed E-state index contributed by atoms with van der Waals surface area (Å²) in [4.78, 5) is 2.16. The molecule has 1 aliphatic heterocycles. The predicted octanol–water partition coefficient (Wildman–Crippen LogP) is 4.45. The molecule has 1 aliphatic rings. The van der Waals surface area contributed by atoms with Crippen molar-refractivity contribution < 1.29 is 25.9 Å². The van der Waals surface area contributed by atoms with Gasteiger partial charge >= 0.3 is 0 Å². The van der Waals surface area contributed by atoms with Gasteiger partial charge in [-0.15, -0.1) is 0 Å². The topological polar surface area (TPSA) is 136 Å².